The predicted octanol–water partition coefficient (Wildman–Crippen LogP) is 6.46. The molecule has 1 saturated heterocycles. The van der Waals surface area contributed by atoms with Crippen molar-refractivity contribution in [1.82, 2.24) is 0 Å². The van der Waals surface area contributed by atoms with Gasteiger partial charge in [-0.25, -0.2) is 0 Å². The van der Waals surface area contributed by atoms with Crippen molar-refractivity contribution in [3.05, 3.63) is 0 Å². The number of nitriles is 1. The first-order valence-electron chi connectivity index (χ1n) is 12.4. The van der Waals surface area contributed by atoms with Crippen molar-refractivity contribution in [2.45, 2.75) is 116 Å². The van der Waals surface area contributed by atoms with Crippen molar-refractivity contribution in [1.29, 1.82) is 5.26 Å². The Hall–Kier alpha value is -1.12. The molecular formula is C25H43NO4. The average molecular weight is 422 g/mol. The van der Waals surface area contributed by atoms with Gasteiger partial charge in [-0.15, -0.1) is 0 Å². The third kappa shape index (κ3) is 6.69. The molecule has 0 bridgehead atoms. The molecule has 2 saturated carbocycles. The minimum absolute atomic E-state index is 0.0938. The first-order chi connectivity index (χ1) is 14.5. The second-order valence-electron chi connectivity index (χ2n) is 9.70. The maximum atomic E-state index is 10.8. The summed E-state index contributed by atoms with van der Waals surface area (Å²) in [6, 6.07) is 1.73. The molecule has 30 heavy (non-hydrogen) atoms. The number of nitrogens with zero attached hydrogens (tertiary/aromatic N) is 1. The number of ether oxygens (including phenoxy) is 2. The first kappa shape index (κ1) is 25.1. The lowest BCUT2D eigenvalue weighted by molar-refractivity contribution is -0.223. The summed E-state index contributed by atoms with van der Waals surface area (Å²) in [5.74, 6) is -0.0805. The summed E-state index contributed by atoms with van der Waals surface area (Å²) in [7, 11) is 0. The lowest BCUT2D eigenvalue weighted by atomic mass is 9.60. The zero-order valence-electron chi connectivity index (χ0n) is 19.3. The molecular weight excluding hydrogens is 378 g/mol. The van der Waals surface area contributed by atoms with E-state index in [1.165, 1.54) is 51.4 Å². The van der Waals surface area contributed by atoms with E-state index in [9.17, 15) is 4.79 Å². The van der Waals surface area contributed by atoms with Crippen LogP contribution in [0.3, 0.4) is 0 Å². The van der Waals surface area contributed by atoms with Gasteiger partial charge in [-0.1, -0.05) is 71.6 Å². The average Bonchev–Trinajstić information content (AvgIpc) is 2.80. The maximum Gasteiger partial charge on any atom is 0.328 e. The van der Waals surface area contributed by atoms with Crippen molar-refractivity contribution in [3.8, 4) is 6.07 Å². The highest BCUT2D eigenvalue weighted by molar-refractivity contribution is 5.78. The molecule has 0 atom stereocenters. The predicted molar refractivity (Wildman–Crippen MR) is 118 cm³/mol. The highest BCUT2D eigenvalue weighted by Gasteiger charge is 2.44. The van der Waals surface area contributed by atoms with Crippen molar-refractivity contribution in [2.75, 3.05) is 13.2 Å². The van der Waals surface area contributed by atoms with Crippen LogP contribution < -0.4 is 0 Å². The highest BCUT2D eigenvalue weighted by Crippen LogP contribution is 2.51. The van der Waals surface area contributed by atoms with Crippen LogP contribution in [-0.2, 0) is 14.3 Å². The summed E-state index contributed by atoms with van der Waals surface area (Å²) >= 11 is 0. The summed E-state index contributed by atoms with van der Waals surface area (Å²) in [4.78, 5) is 10.8. The van der Waals surface area contributed by atoms with E-state index < -0.39 is 11.4 Å². The first-order valence-corrected chi connectivity index (χ1v) is 12.4. The van der Waals surface area contributed by atoms with Crippen LogP contribution in [0.4, 0.5) is 0 Å². The van der Waals surface area contributed by atoms with Gasteiger partial charge in [0.05, 0.1) is 19.3 Å². The number of rotatable bonds is 7. The quantitative estimate of drug-likeness (QED) is 0.510. The number of unbranched alkanes of at least 4 members (excludes halogenated alkanes) is 1. The molecule has 5 nitrogen and oxygen atoms in total. The Kier molecular flexibility index (Phi) is 10.6. The van der Waals surface area contributed by atoms with E-state index >= 15 is 0 Å². The summed E-state index contributed by atoms with van der Waals surface area (Å²) in [6.45, 7) is 4.15. The Bertz CT molecular complexity index is 536. The van der Waals surface area contributed by atoms with Crippen LogP contribution in [0.5, 0.6) is 0 Å². The normalized spacial score (nSPS) is 29.3. The fraction of sp³-hybridized carbons (Fsp3) is 0.920. The number of hydrogen-bond acceptors (Lipinski definition) is 4. The smallest absolute Gasteiger partial charge is 0.328 e. The second kappa shape index (κ2) is 12.7. The molecule has 0 radical (unpaired) electrons. The zero-order chi connectivity index (χ0) is 21.9. The standard InChI is InChI=1S/C16H30.C9H13NO4/c1-2-3-12-16(13-8-5-9-14-16)15-10-6-4-7-11-15;1-2-3-7-13-5-9(4-10,6-14-7)8(11)12/h15H,2-14H2,1H3;7H,2-3,5-6H2,1H3,(H,11,12). The van der Waals surface area contributed by atoms with Gasteiger partial charge in [0.15, 0.2) is 6.29 Å². The Morgan fingerprint density at radius 2 is 1.60 bits per heavy atom. The molecule has 0 aromatic rings. The third-order valence-electron chi connectivity index (χ3n) is 7.53. The van der Waals surface area contributed by atoms with Gasteiger partial charge in [0.2, 0.25) is 5.41 Å². The molecule has 5 heteroatoms. The van der Waals surface area contributed by atoms with Gasteiger partial charge in [-0.2, -0.15) is 5.26 Å². The Labute approximate surface area is 183 Å². The summed E-state index contributed by atoms with van der Waals surface area (Å²) in [5, 5.41) is 17.6. The van der Waals surface area contributed by atoms with E-state index in [4.69, 9.17) is 19.8 Å². The lowest BCUT2D eigenvalue weighted by Crippen LogP contribution is -2.46. The molecule has 0 amide bonds. The van der Waals surface area contributed by atoms with E-state index in [0.717, 1.165) is 24.2 Å². The van der Waals surface area contributed by atoms with Crippen LogP contribution in [0.2, 0.25) is 0 Å². The van der Waals surface area contributed by atoms with E-state index in [2.05, 4.69) is 6.92 Å². The van der Waals surface area contributed by atoms with Gasteiger partial charge < -0.3 is 14.6 Å². The molecule has 3 fully saturated rings. The largest absolute Gasteiger partial charge is 0.480 e. The number of carbonyl (C=O) groups is 1. The van der Waals surface area contributed by atoms with Gasteiger partial charge in [-0.05, 0) is 49.9 Å². The molecule has 1 heterocycles. The van der Waals surface area contributed by atoms with Crippen LogP contribution in [-0.4, -0.2) is 30.6 Å². The molecule has 0 spiro atoms. The Morgan fingerprint density at radius 3 is 2.10 bits per heavy atom. The van der Waals surface area contributed by atoms with Crippen LogP contribution in [0, 0.1) is 28.1 Å². The fourth-order valence-corrected chi connectivity index (χ4v) is 5.56. The summed E-state index contributed by atoms with van der Waals surface area (Å²) in [5.41, 5.74) is -0.723. The van der Waals surface area contributed by atoms with Gasteiger partial charge in [-0.3, -0.25) is 4.79 Å². The Balaban J connectivity index is 0.000000216. The topological polar surface area (TPSA) is 79.5 Å². The van der Waals surface area contributed by atoms with Gasteiger partial charge in [0.25, 0.3) is 0 Å². The highest BCUT2D eigenvalue weighted by atomic mass is 16.7. The third-order valence-corrected chi connectivity index (χ3v) is 7.53. The molecule has 3 aliphatic rings. The number of hydrogen-bond donors (Lipinski definition) is 1. The second-order valence-corrected chi connectivity index (χ2v) is 9.70. The monoisotopic (exact) mass is 421 g/mol. The molecule has 172 valence electrons. The lowest BCUT2D eigenvalue weighted by Gasteiger charge is -2.46. The van der Waals surface area contributed by atoms with Crippen LogP contribution >= 0.6 is 0 Å². The minimum Gasteiger partial charge on any atom is -0.480 e. The van der Waals surface area contributed by atoms with Crippen LogP contribution in [0.25, 0.3) is 0 Å². The van der Waals surface area contributed by atoms with Gasteiger partial charge in [0.1, 0.15) is 0 Å². The van der Waals surface area contributed by atoms with Crippen molar-refractivity contribution in [2.24, 2.45) is 16.7 Å². The van der Waals surface area contributed by atoms with Crippen LogP contribution in [0.1, 0.15) is 110 Å². The van der Waals surface area contributed by atoms with E-state index in [1.54, 1.807) is 38.2 Å². The summed E-state index contributed by atoms with van der Waals surface area (Å²) < 4.78 is 10.3. The van der Waals surface area contributed by atoms with Gasteiger partial charge in [0, 0.05) is 0 Å². The molecule has 0 aromatic carbocycles. The Morgan fingerprint density at radius 1 is 1.00 bits per heavy atom. The van der Waals surface area contributed by atoms with Crippen LogP contribution in [0.15, 0.2) is 0 Å². The zero-order valence-corrected chi connectivity index (χ0v) is 19.3. The van der Waals surface area contributed by atoms with Crippen molar-refractivity contribution >= 4 is 5.97 Å². The molecule has 0 aromatic heterocycles. The fourth-order valence-electron chi connectivity index (χ4n) is 5.56. The van der Waals surface area contributed by atoms with Crippen molar-refractivity contribution < 1.29 is 19.4 Å². The number of carboxylic acids is 1. The number of carboxylic acid groups (broad SMARTS) is 1. The van der Waals surface area contributed by atoms with Crippen molar-refractivity contribution in [3.63, 3.8) is 0 Å². The summed E-state index contributed by atoms with van der Waals surface area (Å²) in [6.07, 6.45) is 21.1. The number of aliphatic carboxylic acids is 1. The molecule has 1 aliphatic heterocycles. The minimum atomic E-state index is -1.52. The maximum absolute atomic E-state index is 10.8. The molecule has 0 unspecified atom stereocenters. The van der Waals surface area contributed by atoms with E-state index in [0.29, 0.717) is 0 Å². The molecule has 2 aliphatic carbocycles. The van der Waals surface area contributed by atoms with E-state index in [-0.39, 0.29) is 19.5 Å². The SMILES string of the molecule is CCCC1OCC(C#N)(C(=O)O)CO1.CCCCC1(C2CCCCC2)CCCCC1. The van der Waals surface area contributed by atoms with Gasteiger partial charge >= 0.3 is 5.97 Å². The molecule has 3 rings (SSSR count). The van der Waals surface area contributed by atoms with E-state index in [1.807, 2.05) is 6.92 Å². The molecule has 1 N–H and O–H groups in total.